The van der Waals surface area contributed by atoms with Crippen LogP contribution in [0.2, 0.25) is 0 Å². The van der Waals surface area contributed by atoms with E-state index in [1.54, 1.807) is 12.1 Å². The van der Waals surface area contributed by atoms with Gasteiger partial charge in [0.2, 0.25) is 0 Å². The highest BCUT2D eigenvalue weighted by Crippen LogP contribution is 2.27. The van der Waals surface area contributed by atoms with Gasteiger partial charge >= 0.3 is 5.97 Å². The van der Waals surface area contributed by atoms with E-state index in [9.17, 15) is 18.0 Å². The normalized spacial score (nSPS) is 17.3. The Morgan fingerprint density at radius 2 is 1.94 bits per heavy atom. The molecule has 8 nitrogen and oxygen atoms in total. The Morgan fingerprint density at radius 1 is 1.19 bits per heavy atom. The van der Waals surface area contributed by atoms with E-state index in [1.165, 1.54) is 23.7 Å². The second-order valence-electron chi connectivity index (χ2n) is 7.53. The molecule has 1 aliphatic rings. The molecule has 2 heterocycles. The number of carbonyl (C=O) groups excluding carboxylic acids is 2. The van der Waals surface area contributed by atoms with Gasteiger partial charge in [-0.05, 0) is 30.2 Å². The fourth-order valence-electron chi connectivity index (χ4n) is 3.49. The van der Waals surface area contributed by atoms with Crippen molar-refractivity contribution in [3.63, 3.8) is 0 Å². The molecular weight excluding hydrogens is 452 g/mol. The Labute approximate surface area is 189 Å². The van der Waals surface area contributed by atoms with Crippen molar-refractivity contribution >= 4 is 44.6 Å². The number of thioether (sulfide) groups is 1. The molecule has 1 aromatic heterocycles. The number of amides is 1. The molecule has 4 rings (SSSR count). The lowest BCUT2D eigenvalue weighted by molar-refractivity contribution is -0.134. The minimum Gasteiger partial charge on any atom is -0.452 e. The zero-order valence-corrected chi connectivity index (χ0v) is 19.0. The first kappa shape index (κ1) is 22.3. The van der Waals surface area contributed by atoms with Crippen LogP contribution in [0.3, 0.4) is 0 Å². The van der Waals surface area contributed by atoms with Crippen LogP contribution >= 0.6 is 11.8 Å². The average molecular weight is 475 g/mol. The summed E-state index contributed by atoms with van der Waals surface area (Å²) in [6.45, 7) is -0.446. The standard InChI is InChI=1S/C22H22N2O6S2/c1-24(16-10-11-32(27,28)14-16)20(25)12-29-21(26)17-7-3-2-6-15(17)13-31-22-23-18-8-4-5-9-19(18)30-22/h2-9,16H,10-14H2,1H3. The van der Waals surface area contributed by atoms with E-state index in [1.807, 2.05) is 36.4 Å². The lowest BCUT2D eigenvalue weighted by Gasteiger charge is -2.23. The predicted octanol–water partition coefficient (Wildman–Crippen LogP) is 2.92. The van der Waals surface area contributed by atoms with E-state index in [4.69, 9.17) is 9.15 Å². The molecule has 1 saturated heterocycles. The number of fused-ring (bicyclic) bond motifs is 1. The third kappa shape index (κ3) is 5.13. The van der Waals surface area contributed by atoms with Crippen LogP contribution in [-0.2, 0) is 25.1 Å². The van der Waals surface area contributed by atoms with Gasteiger partial charge in [-0.3, -0.25) is 4.79 Å². The van der Waals surface area contributed by atoms with E-state index in [0.29, 0.717) is 28.5 Å². The Morgan fingerprint density at radius 3 is 2.69 bits per heavy atom. The average Bonchev–Trinajstić information content (AvgIpc) is 3.37. The second kappa shape index (κ2) is 9.33. The van der Waals surface area contributed by atoms with E-state index in [2.05, 4.69) is 4.98 Å². The van der Waals surface area contributed by atoms with Gasteiger partial charge < -0.3 is 14.1 Å². The zero-order valence-electron chi connectivity index (χ0n) is 17.4. The number of rotatable bonds is 7. The summed E-state index contributed by atoms with van der Waals surface area (Å²) in [5.41, 5.74) is 2.54. The first-order chi connectivity index (χ1) is 15.3. The van der Waals surface area contributed by atoms with Crippen LogP contribution < -0.4 is 0 Å². The molecule has 1 amide bonds. The number of esters is 1. The van der Waals surface area contributed by atoms with Gasteiger partial charge in [0.15, 0.2) is 22.0 Å². The number of likely N-dealkylation sites (N-methyl/N-ethyl adjacent to an activating group) is 1. The predicted molar refractivity (Wildman–Crippen MR) is 120 cm³/mol. The highest BCUT2D eigenvalue weighted by molar-refractivity contribution is 7.98. The summed E-state index contributed by atoms with van der Waals surface area (Å²) < 4.78 is 34.2. The minimum atomic E-state index is -3.11. The Hall–Kier alpha value is -2.85. The molecular formula is C22H22N2O6S2. The van der Waals surface area contributed by atoms with Crippen LogP contribution in [0.4, 0.5) is 0 Å². The van der Waals surface area contributed by atoms with Gasteiger partial charge in [0.25, 0.3) is 11.1 Å². The SMILES string of the molecule is CN(C(=O)COC(=O)c1ccccc1CSc1nc2ccccc2o1)C1CCS(=O)(=O)C1. The topological polar surface area (TPSA) is 107 Å². The second-order valence-corrected chi connectivity index (χ2v) is 10.7. The molecule has 1 aliphatic heterocycles. The van der Waals surface area contributed by atoms with E-state index in [0.717, 1.165) is 11.1 Å². The number of aromatic nitrogens is 1. The molecule has 1 unspecified atom stereocenters. The van der Waals surface area contributed by atoms with Crippen LogP contribution in [-0.4, -0.2) is 61.4 Å². The van der Waals surface area contributed by atoms with Crippen molar-refractivity contribution in [2.45, 2.75) is 23.4 Å². The van der Waals surface area contributed by atoms with Crippen molar-refractivity contribution in [3.8, 4) is 0 Å². The van der Waals surface area contributed by atoms with Crippen LogP contribution in [0.15, 0.2) is 58.2 Å². The third-order valence-corrected chi connectivity index (χ3v) is 7.97. The molecule has 1 atom stereocenters. The number of carbonyl (C=O) groups is 2. The number of sulfone groups is 1. The van der Waals surface area contributed by atoms with Gasteiger partial charge in [-0.2, -0.15) is 0 Å². The fraction of sp³-hybridized carbons (Fsp3) is 0.318. The van der Waals surface area contributed by atoms with E-state index >= 15 is 0 Å². The first-order valence-corrected chi connectivity index (χ1v) is 12.8. The molecule has 0 radical (unpaired) electrons. The van der Waals surface area contributed by atoms with Crippen molar-refractivity contribution in [2.75, 3.05) is 25.2 Å². The largest absolute Gasteiger partial charge is 0.452 e. The van der Waals surface area contributed by atoms with Gasteiger partial charge in [0.1, 0.15) is 5.52 Å². The number of nitrogens with zero attached hydrogens (tertiary/aromatic N) is 2. The summed E-state index contributed by atoms with van der Waals surface area (Å²) in [6, 6.07) is 14.1. The summed E-state index contributed by atoms with van der Waals surface area (Å²) in [5.74, 6) is -0.594. The lowest BCUT2D eigenvalue weighted by atomic mass is 10.1. The zero-order chi connectivity index (χ0) is 22.7. The summed E-state index contributed by atoms with van der Waals surface area (Å²) >= 11 is 1.36. The monoisotopic (exact) mass is 474 g/mol. The highest BCUT2D eigenvalue weighted by Gasteiger charge is 2.33. The molecule has 1 fully saturated rings. The van der Waals surface area contributed by atoms with Crippen LogP contribution in [0.25, 0.3) is 11.1 Å². The van der Waals surface area contributed by atoms with Crippen molar-refractivity contribution < 1.29 is 27.2 Å². The van der Waals surface area contributed by atoms with Gasteiger partial charge in [-0.1, -0.05) is 42.1 Å². The molecule has 0 aliphatic carbocycles. The minimum absolute atomic E-state index is 0.0565. The number of ether oxygens (including phenoxy) is 1. The van der Waals surface area contributed by atoms with Crippen LogP contribution in [0.1, 0.15) is 22.3 Å². The van der Waals surface area contributed by atoms with Crippen molar-refractivity contribution in [1.29, 1.82) is 0 Å². The number of oxazole rings is 1. The van der Waals surface area contributed by atoms with Crippen LogP contribution in [0.5, 0.6) is 0 Å². The fourth-order valence-corrected chi connectivity index (χ4v) is 6.11. The highest BCUT2D eigenvalue weighted by atomic mass is 32.2. The summed E-state index contributed by atoms with van der Waals surface area (Å²) in [7, 11) is -1.57. The maximum Gasteiger partial charge on any atom is 0.338 e. The summed E-state index contributed by atoms with van der Waals surface area (Å²) in [4.78, 5) is 30.8. The van der Waals surface area contributed by atoms with Crippen molar-refractivity contribution in [2.24, 2.45) is 0 Å². The quantitative estimate of drug-likeness (QED) is 0.380. The third-order valence-electron chi connectivity index (χ3n) is 5.34. The molecule has 3 aromatic rings. The molecule has 0 N–H and O–H groups in total. The maximum absolute atomic E-state index is 12.6. The Bertz CT molecular complexity index is 1220. The first-order valence-electron chi connectivity index (χ1n) is 10.0. The Balaban J connectivity index is 1.36. The lowest BCUT2D eigenvalue weighted by Crippen LogP contribution is -2.40. The van der Waals surface area contributed by atoms with Gasteiger partial charge in [0, 0.05) is 18.8 Å². The number of para-hydroxylation sites is 2. The maximum atomic E-state index is 12.6. The summed E-state index contributed by atoms with van der Waals surface area (Å²) in [5, 5.41) is 0.498. The number of hydrogen-bond donors (Lipinski definition) is 0. The molecule has 0 bridgehead atoms. The molecule has 32 heavy (non-hydrogen) atoms. The molecule has 2 aromatic carbocycles. The molecule has 0 spiro atoms. The molecule has 168 valence electrons. The van der Waals surface area contributed by atoms with E-state index in [-0.39, 0.29) is 17.5 Å². The number of benzene rings is 2. The smallest absolute Gasteiger partial charge is 0.338 e. The Kier molecular flexibility index (Phi) is 6.52. The van der Waals surface area contributed by atoms with Crippen LogP contribution in [0, 0.1) is 0 Å². The van der Waals surface area contributed by atoms with Gasteiger partial charge in [0.05, 0.1) is 17.1 Å². The van der Waals surface area contributed by atoms with Crippen molar-refractivity contribution in [3.05, 3.63) is 59.7 Å². The van der Waals surface area contributed by atoms with E-state index < -0.39 is 28.3 Å². The van der Waals surface area contributed by atoms with Crippen molar-refractivity contribution in [1.82, 2.24) is 9.88 Å². The van der Waals surface area contributed by atoms with Gasteiger partial charge in [-0.25, -0.2) is 18.2 Å². The number of hydrogen-bond acceptors (Lipinski definition) is 8. The molecule has 10 heteroatoms. The van der Waals surface area contributed by atoms with Gasteiger partial charge in [-0.15, -0.1) is 0 Å². The summed E-state index contributed by atoms with van der Waals surface area (Å²) in [6.07, 6.45) is 0.397. The molecule has 0 saturated carbocycles.